The first-order chi connectivity index (χ1) is 8.90. The van der Waals surface area contributed by atoms with Crippen LogP contribution in [0.25, 0.3) is 0 Å². The smallest absolute Gasteiger partial charge is 0.333 e. The molecule has 0 radical (unpaired) electrons. The lowest BCUT2D eigenvalue weighted by Crippen LogP contribution is -2.36. The van der Waals surface area contributed by atoms with Crippen LogP contribution in [0.3, 0.4) is 0 Å². The minimum Gasteiger partial charge on any atom is -0.440 e. The third kappa shape index (κ3) is 2.53. The maximum atomic E-state index is 13.0. The largest absolute Gasteiger partial charge is 0.440 e. The van der Waals surface area contributed by atoms with Gasteiger partial charge >= 0.3 is 5.69 Å². The van der Waals surface area contributed by atoms with Crippen molar-refractivity contribution in [3.8, 4) is 11.6 Å². The molecule has 5 nitrogen and oxygen atoms in total. The SMILES string of the molecule is Cn1c(Oc2ccc(F)c(Cl)c2)cc(=O)n(C)c1=O. The van der Waals surface area contributed by atoms with Gasteiger partial charge in [-0.15, -0.1) is 0 Å². The van der Waals surface area contributed by atoms with Crippen LogP contribution >= 0.6 is 11.6 Å². The average molecular weight is 285 g/mol. The summed E-state index contributed by atoms with van der Waals surface area (Å²) in [6, 6.07) is 4.91. The summed E-state index contributed by atoms with van der Waals surface area (Å²) in [5.74, 6) is -0.294. The van der Waals surface area contributed by atoms with Crippen LogP contribution in [0.4, 0.5) is 4.39 Å². The second-order valence-electron chi connectivity index (χ2n) is 3.90. The summed E-state index contributed by atoms with van der Waals surface area (Å²) in [6.45, 7) is 0. The van der Waals surface area contributed by atoms with E-state index in [1.807, 2.05) is 0 Å². The van der Waals surface area contributed by atoms with Gasteiger partial charge in [-0.3, -0.25) is 13.9 Å². The molecule has 2 rings (SSSR count). The molecule has 1 aromatic carbocycles. The van der Waals surface area contributed by atoms with Gasteiger partial charge in [0, 0.05) is 20.2 Å². The van der Waals surface area contributed by atoms with E-state index in [4.69, 9.17) is 16.3 Å². The molecule has 0 amide bonds. The normalized spacial score (nSPS) is 10.5. The lowest BCUT2D eigenvalue weighted by Gasteiger charge is -2.10. The number of benzene rings is 1. The van der Waals surface area contributed by atoms with Crippen molar-refractivity contribution in [1.29, 1.82) is 0 Å². The number of rotatable bonds is 2. The Hall–Kier alpha value is -2.08. The van der Waals surface area contributed by atoms with E-state index in [1.54, 1.807) is 0 Å². The molecule has 2 aromatic rings. The number of halogens is 2. The van der Waals surface area contributed by atoms with Crippen molar-refractivity contribution in [2.24, 2.45) is 14.1 Å². The molecule has 0 aliphatic carbocycles. The van der Waals surface area contributed by atoms with Crippen molar-refractivity contribution >= 4 is 11.6 Å². The standard InChI is InChI=1S/C12H10ClFN2O3/c1-15-10(17)6-11(16(2)12(15)18)19-7-3-4-9(14)8(13)5-7/h3-6H,1-2H3. The number of hydrogen-bond acceptors (Lipinski definition) is 3. The van der Waals surface area contributed by atoms with Crippen LogP contribution in [0.1, 0.15) is 0 Å². The molecule has 0 fully saturated rings. The van der Waals surface area contributed by atoms with Gasteiger partial charge in [0.1, 0.15) is 11.6 Å². The first-order valence-electron chi connectivity index (χ1n) is 5.30. The molecular formula is C12H10ClFN2O3. The van der Waals surface area contributed by atoms with Gasteiger partial charge in [-0.2, -0.15) is 0 Å². The highest BCUT2D eigenvalue weighted by molar-refractivity contribution is 6.30. The highest BCUT2D eigenvalue weighted by Gasteiger charge is 2.09. The molecule has 19 heavy (non-hydrogen) atoms. The number of nitrogens with zero attached hydrogens (tertiary/aromatic N) is 2. The Morgan fingerprint density at radius 1 is 1.16 bits per heavy atom. The van der Waals surface area contributed by atoms with Crippen LogP contribution in [-0.2, 0) is 14.1 Å². The fraction of sp³-hybridized carbons (Fsp3) is 0.167. The highest BCUT2D eigenvalue weighted by atomic mass is 35.5. The highest BCUT2D eigenvalue weighted by Crippen LogP contribution is 2.24. The minimum absolute atomic E-state index is 0.0516. The predicted octanol–water partition coefficient (Wildman–Crippen LogP) is 1.67. The van der Waals surface area contributed by atoms with E-state index in [0.717, 1.165) is 10.6 Å². The second-order valence-corrected chi connectivity index (χ2v) is 4.31. The molecule has 7 heteroatoms. The summed E-state index contributed by atoms with van der Waals surface area (Å²) >= 11 is 5.62. The van der Waals surface area contributed by atoms with Crippen LogP contribution in [0.15, 0.2) is 33.9 Å². The van der Waals surface area contributed by atoms with E-state index >= 15 is 0 Å². The number of ether oxygens (including phenoxy) is 1. The van der Waals surface area contributed by atoms with Gasteiger partial charge in [-0.25, -0.2) is 9.18 Å². The Balaban J connectivity index is 2.47. The van der Waals surface area contributed by atoms with E-state index in [0.29, 0.717) is 0 Å². The molecule has 1 aromatic heterocycles. The Morgan fingerprint density at radius 3 is 2.47 bits per heavy atom. The predicted molar refractivity (Wildman–Crippen MR) is 68.4 cm³/mol. The molecule has 0 saturated carbocycles. The quantitative estimate of drug-likeness (QED) is 0.843. The van der Waals surface area contributed by atoms with E-state index < -0.39 is 17.1 Å². The van der Waals surface area contributed by atoms with Gasteiger partial charge in [-0.1, -0.05) is 11.6 Å². The van der Waals surface area contributed by atoms with Gasteiger partial charge in [0.05, 0.1) is 11.1 Å². The fourth-order valence-corrected chi connectivity index (χ4v) is 1.64. The van der Waals surface area contributed by atoms with Gasteiger partial charge < -0.3 is 4.74 Å². The van der Waals surface area contributed by atoms with Crippen LogP contribution in [-0.4, -0.2) is 9.13 Å². The summed E-state index contributed by atoms with van der Waals surface area (Å²) in [7, 11) is 2.82. The molecule has 0 aliphatic rings. The molecule has 100 valence electrons. The monoisotopic (exact) mass is 284 g/mol. The Bertz CT molecular complexity index is 752. The number of hydrogen-bond donors (Lipinski definition) is 0. The first kappa shape index (κ1) is 13.4. The van der Waals surface area contributed by atoms with Gasteiger partial charge in [0.25, 0.3) is 5.56 Å². The maximum absolute atomic E-state index is 13.0. The Labute approximate surface area is 112 Å². The fourth-order valence-electron chi connectivity index (χ4n) is 1.47. The summed E-state index contributed by atoms with van der Waals surface area (Å²) < 4.78 is 20.5. The average Bonchev–Trinajstić information content (AvgIpc) is 2.38. The summed E-state index contributed by atoms with van der Waals surface area (Å²) in [4.78, 5) is 23.2. The molecule has 0 saturated heterocycles. The lowest BCUT2D eigenvalue weighted by atomic mass is 10.3. The molecule has 0 bridgehead atoms. The molecule has 1 heterocycles. The van der Waals surface area contributed by atoms with Gasteiger partial charge in [0.15, 0.2) is 0 Å². The maximum Gasteiger partial charge on any atom is 0.333 e. The van der Waals surface area contributed by atoms with Crippen molar-refractivity contribution in [2.75, 3.05) is 0 Å². The zero-order valence-corrected chi connectivity index (χ0v) is 10.9. The van der Waals surface area contributed by atoms with Crippen molar-refractivity contribution in [3.05, 3.63) is 55.9 Å². The lowest BCUT2D eigenvalue weighted by molar-refractivity contribution is 0.422. The van der Waals surface area contributed by atoms with Crippen molar-refractivity contribution in [3.63, 3.8) is 0 Å². The summed E-state index contributed by atoms with van der Waals surface area (Å²) in [5, 5.41) is -0.105. The number of aromatic nitrogens is 2. The van der Waals surface area contributed by atoms with Crippen LogP contribution in [0, 0.1) is 5.82 Å². The second kappa shape index (κ2) is 4.89. The first-order valence-corrected chi connectivity index (χ1v) is 5.68. The zero-order valence-electron chi connectivity index (χ0n) is 10.2. The van der Waals surface area contributed by atoms with Crippen LogP contribution < -0.4 is 16.0 Å². The van der Waals surface area contributed by atoms with Crippen LogP contribution in [0.5, 0.6) is 11.6 Å². The molecular weight excluding hydrogens is 275 g/mol. The molecule has 0 aliphatic heterocycles. The van der Waals surface area contributed by atoms with Crippen LogP contribution in [0.2, 0.25) is 5.02 Å². The van der Waals surface area contributed by atoms with E-state index in [2.05, 4.69) is 0 Å². The van der Waals surface area contributed by atoms with Crippen molar-refractivity contribution in [1.82, 2.24) is 9.13 Å². The van der Waals surface area contributed by atoms with E-state index in [9.17, 15) is 14.0 Å². The molecule has 0 atom stereocenters. The third-order valence-corrected chi connectivity index (χ3v) is 2.89. The molecule has 0 N–H and O–H groups in total. The minimum atomic E-state index is -0.577. The molecule has 0 unspecified atom stereocenters. The topological polar surface area (TPSA) is 53.2 Å². The van der Waals surface area contributed by atoms with Gasteiger partial charge in [-0.05, 0) is 12.1 Å². The zero-order chi connectivity index (χ0) is 14.2. The summed E-state index contributed by atoms with van der Waals surface area (Å²) in [6.07, 6.45) is 0. The Morgan fingerprint density at radius 2 is 1.84 bits per heavy atom. The van der Waals surface area contributed by atoms with E-state index in [-0.39, 0.29) is 16.7 Å². The third-order valence-electron chi connectivity index (χ3n) is 2.60. The molecule has 0 spiro atoms. The van der Waals surface area contributed by atoms with Crippen molar-refractivity contribution < 1.29 is 9.13 Å². The Kier molecular flexibility index (Phi) is 3.44. The van der Waals surface area contributed by atoms with Crippen molar-refractivity contribution in [2.45, 2.75) is 0 Å². The van der Waals surface area contributed by atoms with E-state index in [1.165, 1.54) is 36.9 Å². The summed E-state index contributed by atoms with van der Waals surface area (Å²) in [5.41, 5.74) is -1.01. The van der Waals surface area contributed by atoms with Gasteiger partial charge in [0.2, 0.25) is 5.88 Å².